The summed E-state index contributed by atoms with van der Waals surface area (Å²) in [6.07, 6.45) is 2.68. The van der Waals surface area contributed by atoms with Gasteiger partial charge in [0, 0.05) is 0 Å². The summed E-state index contributed by atoms with van der Waals surface area (Å²) in [6, 6.07) is 0. The first-order valence-electron chi connectivity index (χ1n) is 4.83. The zero-order valence-corrected chi connectivity index (χ0v) is 8.81. The van der Waals surface area contributed by atoms with Crippen LogP contribution >= 0.6 is 0 Å². The van der Waals surface area contributed by atoms with Crippen molar-refractivity contribution < 1.29 is 19.4 Å². The van der Waals surface area contributed by atoms with Crippen molar-refractivity contribution in [3.8, 4) is 0 Å². The van der Waals surface area contributed by atoms with Crippen molar-refractivity contribution in [3.05, 3.63) is 25.3 Å². The molecule has 1 fully saturated rings. The fourth-order valence-electron chi connectivity index (χ4n) is 1.69. The number of aliphatic carboxylic acids is 1. The van der Waals surface area contributed by atoms with Crippen LogP contribution in [0.3, 0.4) is 0 Å². The van der Waals surface area contributed by atoms with Crippen LogP contribution in [0.25, 0.3) is 0 Å². The van der Waals surface area contributed by atoms with Crippen molar-refractivity contribution in [3.63, 3.8) is 0 Å². The van der Waals surface area contributed by atoms with Crippen LogP contribution in [0.2, 0.25) is 0 Å². The van der Waals surface area contributed by atoms with Gasteiger partial charge in [0.05, 0.1) is 0 Å². The minimum absolute atomic E-state index is 0.297. The summed E-state index contributed by atoms with van der Waals surface area (Å²) in [5, 5.41) is 9.25. The maximum atomic E-state index is 11.3. The maximum Gasteiger partial charge on any atom is 0.315 e. The van der Waals surface area contributed by atoms with E-state index in [0.717, 1.165) is 0 Å². The van der Waals surface area contributed by atoms with Crippen LogP contribution in [-0.4, -0.2) is 23.7 Å². The number of hydrogen-bond donors (Lipinski definition) is 1. The molecule has 0 aromatic heterocycles. The summed E-state index contributed by atoms with van der Waals surface area (Å²) in [7, 11) is 0. The van der Waals surface area contributed by atoms with Gasteiger partial charge in [-0.25, -0.2) is 0 Å². The van der Waals surface area contributed by atoms with E-state index in [2.05, 4.69) is 13.2 Å². The summed E-state index contributed by atoms with van der Waals surface area (Å²) in [5.41, 5.74) is -1.09. The topological polar surface area (TPSA) is 55.8 Å². The van der Waals surface area contributed by atoms with Gasteiger partial charge >= 0.3 is 5.97 Å². The van der Waals surface area contributed by atoms with Crippen molar-refractivity contribution in [1.29, 1.82) is 0 Å². The Labute approximate surface area is 89.2 Å². The lowest BCUT2D eigenvalue weighted by atomic mass is 9.79. The second-order valence-electron chi connectivity index (χ2n) is 3.62. The van der Waals surface area contributed by atoms with Gasteiger partial charge in [0.25, 0.3) is 0 Å². The minimum atomic E-state index is -1.09. The molecule has 4 nitrogen and oxygen atoms in total. The molecule has 1 rings (SSSR count). The van der Waals surface area contributed by atoms with E-state index < -0.39 is 17.7 Å². The third kappa shape index (κ3) is 2.11. The van der Waals surface area contributed by atoms with Gasteiger partial charge in [0.15, 0.2) is 12.6 Å². The molecule has 0 radical (unpaired) electrons. The standard InChI is InChI=1S/C11H16O4/c1-4-6-11(7-5-2,9(12)13)10-14-8(3)15-10/h4-5,8,10H,1-2,6-7H2,3H3,(H,12,13). The average Bonchev–Trinajstić information content (AvgIpc) is 2.12. The second kappa shape index (κ2) is 4.59. The molecule has 0 saturated carbocycles. The van der Waals surface area contributed by atoms with Gasteiger partial charge in [-0.1, -0.05) is 12.2 Å². The Kier molecular flexibility index (Phi) is 3.66. The number of ether oxygens (including phenoxy) is 2. The molecule has 1 saturated heterocycles. The number of carboxylic acid groups (broad SMARTS) is 1. The highest BCUT2D eigenvalue weighted by Crippen LogP contribution is 2.40. The van der Waals surface area contributed by atoms with Crippen molar-refractivity contribution in [1.82, 2.24) is 0 Å². The highest BCUT2D eigenvalue weighted by molar-refractivity contribution is 5.75. The van der Waals surface area contributed by atoms with Crippen molar-refractivity contribution >= 4 is 5.97 Å². The first-order valence-corrected chi connectivity index (χ1v) is 4.83. The first kappa shape index (κ1) is 11.9. The van der Waals surface area contributed by atoms with Crippen LogP contribution in [0, 0.1) is 5.41 Å². The molecule has 1 aliphatic heterocycles. The van der Waals surface area contributed by atoms with Crippen molar-refractivity contribution in [2.45, 2.75) is 32.3 Å². The summed E-state index contributed by atoms with van der Waals surface area (Å²) < 4.78 is 10.5. The third-order valence-corrected chi connectivity index (χ3v) is 2.52. The Morgan fingerprint density at radius 2 is 1.87 bits per heavy atom. The molecule has 15 heavy (non-hydrogen) atoms. The second-order valence-corrected chi connectivity index (χ2v) is 3.62. The van der Waals surface area contributed by atoms with E-state index in [1.54, 1.807) is 19.1 Å². The van der Waals surface area contributed by atoms with Gasteiger partial charge in [-0.05, 0) is 19.8 Å². The summed E-state index contributed by atoms with van der Waals surface area (Å²) in [6.45, 7) is 8.85. The van der Waals surface area contributed by atoms with Gasteiger partial charge in [-0.2, -0.15) is 0 Å². The SMILES string of the molecule is C=CCC(CC=C)(C(=O)O)C1OC(C)O1. The molecule has 4 heteroatoms. The zero-order chi connectivity index (χ0) is 11.5. The molecule has 0 unspecified atom stereocenters. The lowest BCUT2D eigenvalue weighted by Gasteiger charge is -2.44. The molecule has 1 heterocycles. The van der Waals surface area contributed by atoms with Crippen LogP contribution < -0.4 is 0 Å². The predicted molar refractivity (Wildman–Crippen MR) is 55.1 cm³/mol. The number of allylic oxidation sites excluding steroid dienone is 2. The molecule has 0 spiro atoms. The summed E-state index contributed by atoms with van der Waals surface area (Å²) in [5.74, 6) is -0.945. The molecule has 0 atom stereocenters. The fraction of sp³-hybridized carbons (Fsp3) is 0.545. The lowest BCUT2D eigenvalue weighted by molar-refractivity contribution is -0.405. The van der Waals surface area contributed by atoms with E-state index in [9.17, 15) is 9.90 Å². The molecule has 0 aromatic carbocycles. The monoisotopic (exact) mass is 212 g/mol. The molecule has 0 bridgehead atoms. The van der Waals surface area contributed by atoms with Gasteiger partial charge in [0.2, 0.25) is 0 Å². The Bertz CT molecular complexity index is 256. The van der Waals surface area contributed by atoms with Crippen LogP contribution in [0.1, 0.15) is 19.8 Å². The lowest BCUT2D eigenvalue weighted by Crippen LogP contribution is -2.54. The minimum Gasteiger partial charge on any atom is -0.481 e. The van der Waals surface area contributed by atoms with Crippen LogP contribution in [0.4, 0.5) is 0 Å². The first-order chi connectivity index (χ1) is 7.06. The number of carbonyl (C=O) groups is 1. The fourth-order valence-corrected chi connectivity index (χ4v) is 1.69. The quantitative estimate of drug-likeness (QED) is 0.683. The zero-order valence-electron chi connectivity index (χ0n) is 8.81. The molecular weight excluding hydrogens is 196 g/mol. The van der Waals surface area contributed by atoms with Crippen LogP contribution in [-0.2, 0) is 14.3 Å². The molecular formula is C11H16O4. The highest BCUT2D eigenvalue weighted by Gasteiger charge is 2.51. The van der Waals surface area contributed by atoms with E-state index in [-0.39, 0.29) is 6.29 Å². The van der Waals surface area contributed by atoms with Gasteiger partial charge in [0.1, 0.15) is 5.41 Å². The van der Waals surface area contributed by atoms with Gasteiger partial charge < -0.3 is 14.6 Å². The molecule has 84 valence electrons. The summed E-state index contributed by atoms with van der Waals surface area (Å²) in [4.78, 5) is 11.3. The van der Waals surface area contributed by atoms with Crippen molar-refractivity contribution in [2.24, 2.45) is 5.41 Å². The number of hydrogen-bond acceptors (Lipinski definition) is 3. The van der Waals surface area contributed by atoms with Gasteiger partial charge in [-0.15, -0.1) is 13.2 Å². The van der Waals surface area contributed by atoms with E-state index >= 15 is 0 Å². The smallest absolute Gasteiger partial charge is 0.315 e. The number of carboxylic acids is 1. The van der Waals surface area contributed by atoms with Crippen LogP contribution in [0.15, 0.2) is 25.3 Å². The Morgan fingerprint density at radius 3 is 2.13 bits per heavy atom. The number of rotatable bonds is 6. The molecule has 0 amide bonds. The Morgan fingerprint density at radius 1 is 1.40 bits per heavy atom. The Balaban J connectivity index is 2.85. The van der Waals surface area contributed by atoms with E-state index in [1.807, 2.05) is 0 Å². The summed E-state index contributed by atoms with van der Waals surface area (Å²) >= 11 is 0. The Hall–Kier alpha value is -1.13. The van der Waals surface area contributed by atoms with Gasteiger partial charge in [-0.3, -0.25) is 4.79 Å². The largest absolute Gasteiger partial charge is 0.481 e. The van der Waals surface area contributed by atoms with E-state index in [0.29, 0.717) is 12.8 Å². The average molecular weight is 212 g/mol. The molecule has 1 N–H and O–H groups in total. The van der Waals surface area contributed by atoms with Crippen LogP contribution in [0.5, 0.6) is 0 Å². The molecule has 0 aromatic rings. The van der Waals surface area contributed by atoms with Crippen molar-refractivity contribution in [2.75, 3.05) is 0 Å². The highest BCUT2D eigenvalue weighted by atomic mass is 16.9. The van der Waals surface area contributed by atoms with E-state index in [1.165, 1.54) is 0 Å². The third-order valence-electron chi connectivity index (χ3n) is 2.52. The predicted octanol–water partition coefficient (Wildman–Crippen LogP) is 1.93. The maximum absolute atomic E-state index is 11.3. The normalized spacial score (nSPS) is 25.4. The molecule has 1 aliphatic rings. The van der Waals surface area contributed by atoms with E-state index in [4.69, 9.17) is 9.47 Å². The molecule has 0 aliphatic carbocycles.